The van der Waals surface area contributed by atoms with Gasteiger partial charge in [0.1, 0.15) is 5.82 Å². The lowest BCUT2D eigenvalue weighted by Crippen LogP contribution is -2.34. The highest BCUT2D eigenvalue weighted by Gasteiger charge is 2.34. The summed E-state index contributed by atoms with van der Waals surface area (Å²) in [6, 6.07) is 8.28. The predicted octanol–water partition coefficient (Wildman–Crippen LogP) is 3.80. The van der Waals surface area contributed by atoms with Gasteiger partial charge in [0.2, 0.25) is 11.8 Å². The van der Waals surface area contributed by atoms with E-state index >= 15 is 0 Å². The van der Waals surface area contributed by atoms with Crippen molar-refractivity contribution in [2.75, 3.05) is 11.9 Å². The largest absolute Gasteiger partial charge is 0.418 e. The highest BCUT2D eigenvalue weighted by Crippen LogP contribution is 2.36. The van der Waals surface area contributed by atoms with E-state index in [9.17, 15) is 27.2 Å². The van der Waals surface area contributed by atoms with Crippen LogP contribution in [0.15, 0.2) is 42.5 Å². The third-order valence-corrected chi connectivity index (χ3v) is 3.50. The number of halogens is 5. The van der Waals surface area contributed by atoms with E-state index in [4.69, 9.17) is 11.6 Å². The first-order chi connectivity index (χ1) is 12.1. The van der Waals surface area contributed by atoms with Gasteiger partial charge in [-0.1, -0.05) is 23.7 Å². The van der Waals surface area contributed by atoms with Crippen LogP contribution in [0.1, 0.15) is 11.1 Å². The monoisotopic (exact) mass is 388 g/mol. The maximum Gasteiger partial charge on any atom is 0.418 e. The van der Waals surface area contributed by atoms with Gasteiger partial charge in [0.15, 0.2) is 0 Å². The Labute approximate surface area is 151 Å². The zero-order valence-electron chi connectivity index (χ0n) is 13.2. The van der Waals surface area contributed by atoms with Gasteiger partial charge in [-0.3, -0.25) is 9.59 Å². The van der Waals surface area contributed by atoms with Crippen LogP contribution in [0, 0.1) is 5.82 Å². The van der Waals surface area contributed by atoms with Crippen molar-refractivity contribution in [3.63, 3.8) is 0 Å². The molecule has 26 heavy (non-hydrogen) atoms. The molecule has 0 atom stereocenters. The van der Waals surface area contributed by atoms with E-state index in [2.05, 4.69) is 10.6 Å². The number of hydrogen-bond donors (Lipinski definition) is 2. The summed E-state index contributed by atoms with van der Waals surface area (Å²) in [5, 5.41) is 4.21. The minimum Gasteiger partial charge on any atom is -0.347 e. The van der Waals surface area contributed by atoms with Crippen LogP contribution in [0.4, 0.5) is 23.2 Å². The van der Waals surface area contributed by atoms with Gasteiger partial charge in [-0.2, -0.15) is 13.2 Å². The molecule has 9 heteroatoms. The molecule has 4 nitrogen and oxygen atoms in total. The number of anilines is 1. The number of alkyl halides is 3. The number of amides is 2. The van der Waals surface area contributed by atoms with Gasteiger partial charge in [-0.15, -0.1) is 0 Å². The minimum atomic E-state index is -4.70. The van der Waals surface area contributed by atoms with Gasteiger partial charge in [0.25, 0.3) is 0 Å². The van der Waals surface area contributed by atoms with Crippen molar-refractivity contribution < 1.29 is 27.2 Å². The van der Waals surface area contributed by atoms with E-state index in [1.165, 1.54) is 30.3 Å². The normalized spacial score (nSPS) is 11.1. The lowest BCUT2D eigenvalue weighted by atomic mass is 10.1. The number of carbonyl (C=O) groups is 2. The Morgan fingerprint density at radius 2 is 1.77 bits per heavy atom. The predicted molar refractivity (Wildman–Crippen MR) is 88.2 cm³/mol. The molecule has 0 bridgehead atoms. The molecule has 0 radical (unpaired) electrons. The first-order valence-corrected chi connectivity index (χ1v) is 7.70. The maximum atomic E-state index is 13.0. The Kier molecular flexibility index (Phi) is 6.20. The molecule has 0 unspecified atom stereocenters. The standard InChI is InChI=1S/C17H13ClF4N2O2/c18-11-4-5-14(13(8-11)17(20,21)22)24-16(26)9-23-15(25)7-10-2-1-3-12(19)6-10/h1-6,8H,7,9H2,(H,23,25)(H,24,26). The van der Waals surface area contributed by atoms with E-state index in [-0.39, 0.29) is 11.4 Å². The van der Waals surface area contributed by atoms with Crippen LogP contribution in [0.5, 0.6) is 0 Å². The zero-order valence-corrected chi connectivity index (χ0v) is 13.9. The average Bonchev–Trinajstić information content (AvgIpc) is 2.54. The summed E-state index contributed by atoms with van der Waals surface area (Å²) in [6.07, 6.45) is -4.87. The van der Waals surface area contributed by atoms with Crippen LogP contribution in [0.3, 0.4) is 0 Å². The van der Waals surface area contributed by atoms with Crippen molar-refractivity contribution >= 4 is 29.1 Å². The average molecular weight is 389 g/mol. The van der Waals surface area contributed by atoms with E-state index in [0.29, 0.717) is 11.6 Å². The zero-order chi connectivity index (χ0) is 19.3. The topological polar surface area (TPSA) is 58.2 Å². The summed E-state index contributed by atoms with van der Waals surface area (Å²) in [4.78, 5) is 23.5. The summed E-state index contributed by atoms with van der Waals surface area (Å²) < 4.78 is 51.9. The second kappa shape index (κ2) is 8.18. The molecule has 0 saturated heterocycles. The van der Waals surface area contributed by atoms with Crippen molar-refractivity contribution in [2.24, 2.45) is 0 Å². The molecule has 0 aromatic heterocycles. The third-order valence-electron chi connectivity index (χ3n) is 3.26. The van der Waals surface area contributed by atoms with Crippen LogP contribution >= 0.6 is 11.6 Å². The van der Waals surface area contributed by atoms with Crippen molar-refractivity contribution in [1.82, 2.24) is 5.32 Å². The Bertz CT molecular complexity index is 825. The minimum absolute atomic E-state index is 0.126. The molecule has 0 spiro atoms. The van der Waals surface area contributed by atoms with Gasteiger partial charge in [0, 0.05) is 5.02 Å². The fourth-order valence-electron chi connectivity index (χ4n) is 2.13. The lowest BCUT2D eigenvalue weighted by molar-refractivity contribution is -0.137. The molecule has 2 aromatic carbocycles. The molecule has 138 valence electrons. The molecule has 0 aliphatic heterocycles. The number of rotatable bonds is 5. The molecule has 0 fully saturated rings. The van der Waals surface area contributed by atoms with Crippen LogP contribution in [-0.4, -0.2) is 18.4 Å². The quantitative estimate of drug-likeness (QED) is 0.766. The van der Waals surface area contributed by atoms with Crippen molar-refractivity contribution in [3.8, 4) is 0 Å². The Morgan fingerprint density at radius 3 is 2.42 bits per heavy atom. The van der Waals surface area contributed by atoms with Gasteiger partial charge in [0.05, 0.1) is 24.2 Å². The lowest BCUT2D eigenvalue weighted by Gasteiger charge is -2.14. The molecule has 0 saturated carbocycles. The van der Waals surface area contributed by atoms with Crippen LogP contribution < -0.4 is 10.6 Å². The molecule has 0 aliphatic carbocycles. The molecule has 2 rings (SSSR count). The molecular formula is C17H13ClF4N2O2. The van der Waals surface area contributed by atoms with Gasteiger partial charge in [-0.05, 0) is 35.9 Å². The van der Waals surface area contributed by atoms with Gasteiger partial charge < -0.3 is 10.6 Å². The van der Waals surface area contributed by atoms with Crippen molar-refractivity contribution in [2.45, 2.75) is 12.6 Å². The number of benzene rings is 2. The molecular weight excluding hydrogens is 376 g/mol. The fraction of sp³-hybridized carbons (Fsp3) is 0.176. The van der Waals surface area contributed by atoms with E-state index in [1.807, 2.05) is 0 Å². The van der Waals surface area contributed by atoms with E-state index < -0.39 is 41.6 Å². The summed E-state index contributed by atoms with van der Waals surface area (Å²) >= 11 is 5.55. The third kappa shape index (κ3) is 5.73. The highest BCUT2D eigenvalue weighted by atomic mass is 35.5. The van der Waals surface area contributed by atoms with Gasteiger partial charge in [-0.25, -0.2) is 4.39 Å². The highest BCUT2D eigenvalue weighted by molar-refractivity contribution is 6.30. The maximum absolute atomic E-state index is 13.0. The molecule has 0 heterocycles. The second-order valence-electron chi connectivity index (χ2n) is 5.32. The Balaban J connectivity index is 1.94. The first-order valence-electron chi connectivity index (χ1n) is 7.33. The fourth-order valence-corrected chi connectivity index (χ4v) is 2.30. The van der Waals surface area contributed by atoms with Gasteiger partial charge >= 0.3 is 6.18 Å². The summed E-state index contributed by atoms with van der Waals surface area (Å²) in [7, 11) is 0. The SMILES string of the molecule is O=C(Cc1cccc(F)c1)NCC(=O)Nc1ccc(Cl)cc1C(F)(F)F. The smallest absolute Gasteiger partial charge is 0.347 e. The number of nitrogens with one attached hydrogen (secondary N) is 2. The Hall–Kier alpha value is -2.61. The summed E-state index contributed by atoms with van der Waals surface area (Å²) in [5.74, 6) is -1.92. The van der Waals surface area contributed by atoms with E-state index in [1.54, 1.807) is 0 Å². The first kappa shape index (κ1) is 19.7. The Morgan fingerprint density at radius 1 is 1.04 bits per heavy atom. The van der Waals surface area contributed by atoms with Crippen molar-refractivity contribution in [3.05, 3.63) is 64.4 Å². The van der Waals surface area contributed by atoms with E-state index in [0.717, 1.165) is 6.07 Å². The summed E-state index contributed by atoms with van der Waals surface area (Å²) in [5.41, 5.74) is -1.16. The van der Waals surface area contributed by atoms with Crippen molar-refractivity contribution in [1.29, 1.82) is 0 Å². The molecule has 2 N–H and O–H groups in total. The van der Waals surface area contributed by atoms with Crippen LogP contribution in [0.25, 0.3) is 0 Å². The van der Waals surface area contributed by atoms with Crippen LogP contribution in [0.2, 0.25) is 5.02 Å². The summed E-state index contributed by atoms with van der Waals surface area (Å²) in [6.45, 7) is -0.534. The molecule has 0 aliphatic rings. The number of hydrogen-bond acceptors (Lipinski definition) is 2. The van der Waals surface area contributed by atoms with Crippen LogP contribution in [-0.2, 0) is 22.2 Å². The number of carbonyl (C=O) groups excluding carboxylic acids is 2. The second-order valence-corrected chi connectivity index (χ2v) is 5.76. The molecule has 2 amide bonds. The molecule has 2 aromatic rings.